The lowest BCUT2D eigenvalue weighted by atomic mass is 9.76. The smallest absolute Gasteiger partial charge is 0.113 e. The predicted octanol–water partition coefficient (Wildman–Crippen LogP) is 4.16. The highest BCUT2D eigenvalue weighted by Crippen LogP contribution is 2.41. The Hall–Kier alpha value is -0.410. The topological polar surface area (TPSA) is 38.9 Å². The van der Waals surface area contributed by atoms with Crippen LogP contribution >= 0.6 is 11.3 Å². The second-order valence-corrected chi connectivity index (χ2v) is 6.97. The molecule has 0 unspecified atom stereocenters. The zero-order valence-corrected chi connectivity index (χ0v) is 12.8. The van der Waals surface area contributed by atoms with Gasteiger partial charge in [-0.1, -0.05) is 26.7 Å². The fourth-order valence-corrected chi connectivity index (χ4v) is 4.23. The normalized spacial score (nSPS) is 28.6. The zero-order chi connectivity index (χ0) is 13.2. The lowest BCUT2D eigenvalue weighted by Gasteiger charge is -2.35. The van der Waals surface area contributed by atoms with Gasteiger partial charge in [-0.05, 0) is 44.9 Å². The SMILES string of the molecule is CCCC1CCC(N)(c2nc(CC)c(C)s2)CC1. The molecule has 2 nitrogen and oxygen atoms in total. The lowest BCUT2D eigenvalue weighted by molar-refractivity contribution is 0.225. The number of hydrogen-bond acceptors (Lipinski definition) is 3. The summed E-state index contributed by atoms with van der Waals surface area (Å²) in [6, 6.07) is 0. The molecule has 2 N–H and O–H groups in total. The number of nitrogens with two attached hydrogens (primary N) is 1. The van der Waals surface area contributed by atoms with Gasteiger partial charge in [0.15, 0.2) is 0 Å². The number of aryl methyl sites for hydroxylation is 2. The van der Waals surface area contributed by atoms with E-state index in [1.807, 2.05) is 11.3 Å². The summed E-state index contributed by atoms with van der Waals surface area (Å²) < 4.78 is 0. The van der Waals surface area contributed by atoms with Gasteiger partial charge in [0.05, 0.1) is 11.2 Å². The largest absolute Gasteiger partial charge is 0.319 e. The van der Waals surface area contributed by atoms with Crippen molar-refractivity contribution in [1.82, 2.24) is 4.98 Å². The van der Waals surface area contributed by atoms with E-state index in [1.54, 1.807) is 0 Å². The number of hydrogen-bond donors (Lipinski definition) is 1. The van der Waals surface area contributed by atoms with Crippen molar-refractivity contribution in [2.45, 2.75) is 71.3 Å². The molecule has 0 aromatic carbocycles. The van der Waals surface area contributed by atoms with Crippen molar-refractivity contribution in [3.8, 4) is 0 Å². The summed E-state index contributed by atoms with van der Waals surface area (Å²) in [6.07, 6.45) is 8.50. The molecule has 102 valence electrons. The molecule has 18 heavy (non-hydrogen) atoms. The molecule has 0 spiro atoms. The third-order valence-electron chi connectivity index (χ3n) is 4.35. The average molecular weight is 266 g/mol. The van der Waals surface area contributed by atoms with E-state index in [2.05, 4.69) is 20.8 Å². The first-order valence-corrected chi connectivity index (χ1v) is 8.16. The van der Waals surface area contributed by atoms with Gasteiger partial charge in [0.1, 0.15) is 5.01 Å². The molecule has 2 rings (SSSR count). The van der Waals surface area contributed by atoms with E-state index >= 15 is 0 Å². The van der Waals surface area contributed by atoms with Crippen LogP contribution in [0.25, 0.3) is 0 Å². The Morgan fingerprint density at radius 3 is 2.50 bits per heavy atom. The monoisotopic (exact) mass is 266 g/mol. The Bertz CT molecular complexity index is 389. The van der Waals surface area contributed by atoms with E-state index in [9.17, 15) is 0 Å². The van der Waals surface area contributed by atoms with E-state index in [-0.39, 0.29) is 5.54 Å². The van der Waals surface area contributed by atoms with Crippen LogP contribution in [0.2, 0.25) is 0 Å². The number of nitrogens with zero attached hydrogens (tertiary/aromatic N) is 1. The minimum Gasteiger partial charge on any atom is -0.319 e. The van der Waals surface area contributed by atoms with Crippen molar-refractivity contribution in [2.75, 3.05) is 0 Å². The third kappa shape index (κ3) is 2.77. The van der Waals surface area contributed by atoms with Crippen molar-refractivity contribution in [1.29, 1.82) is 0 Å². The molecule has 1 aliphatic rings. The summed E-state index contributed by atoms with van der Waals surface area (Å²) in [5.41, 5.74) is 7.74. The van der Waals surface area contributed by atoms with Crippen LogP contribution in [-0.4, -0.2) is 4.98 Å². The van der Waals surface area contributed by atoms with Crippen LogP contribution in [0.5, 0.6) is 0 Å². The Labute approximate surface area is 115 Å². The first kappa shape index (κ1) is 14.0. The average Bonchev–Trinajstić information content (AvgIpc) is 2.75. The summed E-state index contributed by atoms with van der Waals surface area (Å²) in [4.78, 5) is 6.14. The Morgan fingerprint density at radius 1 is 1.33 bits per heavy atom. The van der Waals surface area contributed by atoms with Gasteiger partial charge in [-0.2, -0.15) is 0 Å². The standard InChI is InChI=1S/C15H26N2S/c1-4-6-12-7-9-15(16,10-8-12)14-17-13(5-2)11(3)18-14/h12H,4-10,16H2,1-3H3. The van der Waals surface area contributed by atoms with E-state index in [0.717, 1.165) is 25.2 Å². The Balaban J connectivity index is 2.08. The molecule has 0 radical (unpaired) electrons. The van der Waals surface area contributed by atoms with Crippen LogP contribution in [0, 0.1) is 12.8 Å². The minimum atomic E-state index is -0.132. The first-order valence-electron chi connectivity index (χ1n) is 7.34. The molecule has 0 atom stereocenters. The van der Waals surface area contributed by atoms with Gasteiger partial charge >= 0.3 is 0 Å². The fraction of sp³-hybridized carbons (Fsp3) is 0.800. The molecule has 3 heteroatoms. The van der Waals surface area contributed by atoms with Gasteiger partial charge in [-0.3, -0.25) is 0 Å². The molecule has 0 saturated heterocycles. The molecule has 1 aromatic heterocycles. The highest BCUT2D eigenvalue weighted by molar-refractivity contribution is 7.11. The molecular formula is C15H26N2S. The number of rotatable bonds is 4. The molecule has 1 aromatic rings. The zero-order valence-electron chi connectivity index (χ0n) is 12.0. The van der Waals surface area contributed by atoms with Gasteiger partial charge in [-0.25, -0.2) is 4.98 Å². The van der Waals surface area contributed by atoms with Crippen molar-refractivity contribution in [3.05, 3.63) is 15.6 Å². The number of aromatic nitrogens is 1. The van der Waals surface area contributed by atoms with Crippen molar-refractivity contribution < 1.29 is 0 Å². The number of thiazole rings is 1. The molecular weight excluding hydrogens is 240 g/mol. The van der Waals surface area contributed by atoms with E-state index in [1.165, 1.54) is 41.3 Å². The predicted molar refractivity (Wildman–Crippen MR) is 79.0 cm³/mol. The second-order valence-electron chi connectivity index (χ2n) is 5.76. The maximum atomic E-state index is 6.62. The molecule has 0 bridgehead atoms. The van der Waals surface area contributed by atoms with Gasteiger partial charge in [-0.15, -0.1) is 11.3 Å². The van der Waals surface area contributed by atoms with Crippen molar-refractivity contribution in [3.63, 3.8) is 0 Å². The Morgan fingerprint density at radius 2 is 2.00 bits per heavy atom. The lowest BCUT2D eigenvalue weighted by Crippen LogP contribution is -2.40. The van der Waals surface area contributed by atoms with Crippen LogP contribution in [-0.2, 0) is 12.0 Å². The molecule has 1 heterocycles. The minimum absolute atomic E-state index is 0.132. The first-order chi connectivity index (χ1) is 8.59. The molecule has 0 amide bonds. The van der Waals surface area contributed by atoms with E-state index < -0.39 is 0 Å². The van der Waals surface area contributed by atoms with Crippen LogP contribution < -0.4 is 5.73 Å². The quantitative estimate of drug-likeness (QED) is 0.888. The molecule has 1 aliphatic carbocycles. The second kappa shape index (κ2) is 5.70. The molecule has 1 fully saturated rings. The molecule has 1 saturated carbocycles. The van der Waals surface area contributed by atoms with Gasteiger partial charge in [0, 0.05) is 4.88 Å². The van der Waals surface area contributed by atoms with Gasteiger partial charge in [0.2, 0.25) is 0 Å². The summed E-state index contributed by atoms with van der Waals surface area (Å²) >= 11 is 1.82. The maximum absolute atomic E-state index is 6.62. The summed E-state index contributed by atoms with van der Waals surface area (Å²) in [5.74, 6) is 0.901. The van der Waals surface area contributed by atoms with Crippen LogP contribution in [0.4, 0.5) is 0 Å². The Kier molecular flexibility index (Phi) is 4.44. The molecule has 0 aliphatic heterocycles. The van der Waals surface area contributed by atoms with Crippen molar-refractivity contribution in [2.24, 2.45) is 11.7 Å². The van der Waals surface area contributed by atoms with Gasteiger partial charge in [0.25, 0.3) is 0 Å². The fourth-order valence-electron chi connectivity index (χ4n) is 3.07. The van der Waals surface area contributed by atoms with Gasteiger partial charge < -0.3 is 5.73 Å². The van der Waals surface area contributed by atoms with Crippen molar-refractivity contribution >= 4 is 11.3 Å². The summed E-state index contributed by atoms with van der Waals surface area (Å²) in [5, 5.41) is 1.19. The van der Waals surface area contributed by atoms with Crippen LogP contribution in [0.1, 0.15) is 68.0 Å². The van der Waals surface area contributed by atoms with Crippen LogP contribution in [0.15, 0.2) is 0 Å². The summed E-state index contributed by atoms with van der Waals surface area (Å²) in [6.45, 7) is 6.63. The highest BCUT2D eigenvalue weighted by Gasteiger charge is 2.35. The summed E-state index contributed by atoms with van der Waals surface area (Å²) in [7, 11) is 0. The third-order valence-corrected chi connectivity index (χ3v) is 5.58. The highest BCUT2D eigenvalue weighted by atomic mass is 32.1. The van der Waals surface area contributed by atoms with Crippen LogP contribution in [0.3, 0.4) is 0 Å². The van der Waals surface area contributed by atoms with E-state index in [0.29, 0.717) is 0 Å². The van der Waals surface area contributed by atoms with E-state index in [4.69, 9.17) is 10.7 Å². The maximum Gasteiger partial charge on any atom is 0.113 e.